The molecular formula is C26H23N7O3. The number of amides is 1. The molecule has 3 aromatic heterocycles. The van der Waals surface area contributed by atoms with Crippen LogP contribution in [0.25, 0.3) is 22.4 Å². The molecule has 36 heavy (non-hydrogen) atoms. The van der Waals surface area contributed by atoms with E-state index in [0.717, 1.165) is 22.2 Å². The van der Waals surface area contributed by atoms with Gasteiger partial charge < -0.3 is 20.5 Å². The van der Waals surface area contributed by atoms with E-state index in [1.165, 1.54) is 13.3 Å². The minimum atomic E-state index is -0.609. The summed E-state index contributed by atoms with van der Waals surface area (Å²) < 4.78 is 12.6. The summed E-state index contributed by atoms with van der Waals surface area (Å²) in [7, 11) is 3.16. The molecule has 0 fully saturated rings. The third-order valence-electron chi connectivity index (χ3n) is 5.68. The third-order valence-corrected chi connectivity index (χ3v) is 5.68. The smallest absolute Gasteiger partial charge is 0.252 e. The molecule has 0 bridgehead atoms. The van der Waals surface area contributed by atoms with E-state index in [1.54, 1.807) is 25.6 Å². The first-order valence-corrected chi connectivity index (χ1v) is 11.1. The molecule has 0 aliphatic heterocycles. The maximum Gasteiger partial charge on any atom is 0.252 e. The number of fused-ring (bicyclic) bond motifs is 1. The van der Waals surface area contributed by atoms with Crippen molar-refractivity contribution in [3.8, 4) is 23.0 Å². The number of rotatable bonds is 8. The summed E-state index contributed by atoms with van der Waals surface area (Å²) in [4.78, 5) is 25.0. The van der Waals surface area contributed by atoms with Crippen LogP contribution in [0.2, 0.25) is 0 Å². The van der Waals surface area contributed by atoms with E-state index in [-0.39, 0.29) is 5.56 Å². The van der Waals surface area contributed by atoms with Crippen LogP contribution in [0, 0.1) is 0 Å². The number of pyridine rings is 1. The Labute approximate surface area is 206 Å². The van der Waals surface area contributed by atoms with Gasteiger partial charge in [-0.25, -0.2) is 9.97 Å². The van der Waals surface area contributed by atoms with E-state index in [2.05, 4.69) is 15.3 Å². The fraction of sp³-hybridized carbons (Fsp3) is 0.115. The number of nitrogens with two attached hydrogens (primary N) is 1. The van der Waals surface area contributed by atoms with Crippen LogP contribution in [0.4, 0.5) is 11.5 Å². The van der Waals surface area contributed by atoms with Gasteiger partial charge in [-0.2, -0.15) is 5.10 Å². The Morgan fingerprint density at radius 3 is 2.58 bits per heavy atom. The van der Waals surface area contributed by atoms with Gasteiger partial charge in [0, 0.05) is 17.8 Å². The minimum Gasteiger partial charge on any atom is -0.497 e. The number of aromatic nitrogens is 5. The fourth-order valence-electron chi connectivity index (χ4n) is 3.87. The molecule has 10 heteroatoms. The Morgan fingerprint density at radius 1 is 1.03 bits per heavy atom. The van der Waals surface area contributed by atoms with Crippen molar-refractivity contribution in [1.29, 1.82) is 0 Å². The Bertz CT molecular complexity index is 1550. The monoisotopic (exact) mass is 481 g/mol. The van der Waals surface area contributed by atoms with Crippen LogP contribution >= 0.6 is 0 Å². The molecule has 0 saturated carbocycles. The quantitative estimate of drug-likeness (QED) is 0.342. The molecule has 0 spiro atoms. The Morgan fingerprint density at radius 2 is 1.83 bits per heavy atom. The number of nitrogens with zero attached hydrogens (tertiary/aromatic N) is 5. The van der Waals surface area contributed by atoms with Crippen molar-refractivity contribution in [2.75, 3.05) is 19.5 Å². The van der Waals surface area contributed by atoms with E-state index in [9.17, 15) is 4.79 Å². The van der Waals surface area contributed by atoms with Crippen LogP contribution in [-0.2, 0) is 6.54 Å². The molecule has 5 rings (SSSR count). The van der Waals surface area contributed by atoms with Crippen LogP contribution in [-0.4, -0.2) is 44.9 Å². The zero-order valence-electron chi connectivity index (χ0n) is 19.7. The summed E-state index contributed by atoms with van der Waals surface area (Å²) in [6.07, 6.45) is 4.51. The molecule has 0 aliphatic carbocycles. The van der Waals surface area contributed by atoms with E-state index < -0.39 is 5.91 Å². The van der Waals surface area contributed by atoms with Gasteiger partial charge in [0.1, 0.15) is 11.4 Å². The van der Waals surface area contributed by atoms with Crippen molar-refractivity contribution >= 4 is 28.3 Å². The fourth-order valence-corrected chi connectivity index (χ4v) is 3.87. The highest BCUT2D eigenvalue weighted by molar-refractivity contribution is 5.99. The van der Waals surface area contributed by atoms with Crippen molar-refractivity contribution in [3.63, 3.8) is 0 Å². The Hall–Kier alpha value is -4.99. The predicted molar refractivity (Wildman–Crippen MR) is 135 cm³/mol. The van der Waals surface area contributed by atoms with Crippen LogP contribution in [0.5, 0.6) is 11.5 Å². The molecule has 180 valence electrons. The molecule has 1 amide bonds. The average Bonchev–Trinajstić information content (AvgIpc) is 3.27. The SMILES string of the molecule is COc1ccc(Cn2nc(-c3ncc(OC)c(Nc4ccncc4C(N)=O)n3)c3ccccc32)cc1. The number of methoxy groups -OCH3 is 2. The largest absolute Gasteiger partial charge is 0.497 e. The second kappa shape index (κ2) is 9.71. The van der Waals surface area contributed by atoms with Crippen LogP contribution < -0.4 is 20.5 Å². The maximum absolute atomic E-state index is 11.8. The highest BCUT2D eigenvalue weighted by Gasteiger charge is 2.18. The molecule has 0 radical (unpaired) electrons. The second-order valence-corrected chi connectivity index (χ2v) is 7.89. The topological polar surface area (TPSA) is 130 Å². The number of benzene rings is 2. The van der Waals surface area contributed by atoms with Crippen molar-refractivity contribution < 1.29 is 14.3 Å². The first kappa shape index (κ1) is 22.8. The highest BCUT2D eigenvalue weighted by atomic mass is 16.5. The lowest BCUT2D eigenvalue weighted by atomic mass is 10.2. The van der Waals surface area contributed by atoms with Gasteiger partial charge in [-0.05, 0) is 29.8 Å². The van der Waals surface area contributed by atoms with Gasteiger partial charge in [-0.3, -0.25) is 14.5 Å². The number of nitrogens with one attached hydrogen (secondary N) is 1. The third kappa shape index (κ3) is 4.39. The van der Waals surface area contributed by atoms with E-state index in [1.807, 2.05) is 53.2 Å². The van der Waals surface area contributed by atoms with E-state index in [4.69, 9.17) is 25.3 Å². The molecule has 5 aromatic rings. The summed E-state index contributed by atoms with van der Waals surface area (Å²) >= 11 is 0. The van der Waals surface area contributed by atoms with E-state index >= 15 is 0 Å². The lowest BCUT2D eigenvalue weighted by Crippen LogP contribution is -2.14. The number of carbonyl (C=O) groups is 1. The zero-order valence-corrected chi connectivity index (χ0v) is 19.7. The number of carbonyl (C=O) groups excluding carboxylic acids is 1. The standard InChI is InChI=1S/C26H23N7O3/c1-35-17-9-7-16(8-10-17)15-33-21-6-4-3-5-18(21)23(32-33)26-29-14-22(36-2)25(31-26)30-20-11-12-28-13-19(20)24(27)34/h3-14H,15H2,1-2H3,(H2,27,34)(H,28,29,30,31). The highest BCUT2D eigenvalue weighted by Crippen LogP contribution is 2.31. The van der Waals surface area contributed by atoms with Crippen molar-refractivity contribution in [3.05, 3.63) is 84.3 Å². The number of hydrogen-bond acceptors (Lipinski definition) is 8. The maximum atomic E-state index is 11.8. The summed E-state index contributed by atoms with van der Waals surface area (Å²) in [5, 5.41) is 8.89. The Balaban J connectivity index is 1.56. The number of ether oxygens (including phenoxy) is 2. The predicted octanol–water partition coefficient (Wildman–Crippen LogP) is 3.80. The van der Waals surface area contributed by atoms with Crippen LogP contribution in [0.1, 0.15) is 15.9 Å². The molecular weight excluding hydrogens is 458 g/mol. The summed E-state index contributed by atoms with van der Waals surface area (Å²) in [6, 6.07) is 17.4. The first-order valence-electron chi connectivity index (χ1n) is 11.1. The molecule has 0 aliphatic rings. The normalized spacial score (nSPS) is 10.8. The summed E-state index contributed by atoms with van der Waals surface area (Å²) in [6.45, 7) is 0.560. The molecule has 10 nitrogen and oxygen atoms in total. The number of primary amides is 1. The van der Waals surface area contributed by atoms with Gasteiger partial charge in [0.2, 0.25) is 0 Å². The van der Waals surface area contributed by atoms with Crippen LogP contribution in [0.15, 0.2) is 73.2 Å². The van der Waals surface area contributed by atoms with Gasteiger partial charge in [-0.1, -0.05) is 30.3 Å². The van der Waals surface area contributed by atoms with Gasteiger partial charge >= 0.3 is 0 Å². The number of para-hydroxylation sites is 1. The number of hydrogen-bond donors (Lipinski definition) is 2. The molecule has 0 saturated heterocycles. The Kier molecular flexibility index (Phi) is 6.14. The van der Waals surface area contributed by atoms with Crippen LogP contribution in [0.3, 0.4) is 0 Å². The number of anilines is 2. The first-order chi connectivity index (χ1) is 17.6. The molecule has 0 atom stereocenters. The minimum absolute atomic E-state index is 0.230. The molecule has 3 N–H and O–H groups in total. The molecule has 3 heterocycles. The molecule has 0 unspecified atom stereocenters. The van der Waals surface area contributed by atoms with Crippen molar-refractivity contribution in [2.45, 2.75) is 6.54 Å². The lowest BCUT2D eigenvalue weighted by Gasteiger charge is -2.12. The van der Waals surface area contributed by atoms with Gasteiger partial charge in [0.15, 0.2) is 17.4 Å². The van der Waals surface area contributed by atoms with Gasteiger partial charge in [0.05, 0.1) is 43.7 Å². The summed E-state index contributed by atoms with van der Waals surface area (Å²) in [5.41, 5.74) is 8.83. The van der Waals surface area contributed by atoms with E-state index in [0.29, 0.717) is 35.3 Å². The average molecular weight is 482 g/mol. The van der Waals surface area contributed by atoms with Gasteiger partial charge in [0.25, 0.3) is 5.91 Å². The second-order valence-electron chi connectivity index (χ2n) is 7.89. The van der Waals surface area contributed by atoms with Crippen molar-refractivity contribution in [2.24, 2.45) is 5.73 Å². The molecule has 2 aromatic carbocycles. The zero-order chi connectivity index (χ0) is 25.1. The van der Waals surface area contributed by atoms with Gasteiger partial charge in [-0.15, -0.1) is 0 Å². The summed E-state index contributed by atoms with van der Waals surface area (Å²) in [5.74, 6) is 1.35. The van der Waals surface area contributed by atoms with Crippen molar-refractivity contribution in [1.82, 2.24) is 24.7 Å². The lowest BCUT2D eigenvalue weighted by molar-refractivity contribution is 0.100.